The van der Waals surface area contributed by atoms with Crippen LogP contribution in [0.25, 0.3) is 11.1 Å². The van der Waals surface area contributed by atoms with Crippen LogP contribution >= 0.6 is 0 Å². The van der Waals surface area contributed by atoms with Gasteiger partial charge in [0.1, 0.15) is 6.61 Å². The lowest BCUT2D eigenvalue weighted by molar-refractivity contribution is -0.137. The molecule has 0 unspecified atom stereocenters. The molecule has 0 aromatic heterocycles. The van der Waals surface area contributed by atoms with Gasteiger partial charge >= 0.3 is 12.1 Å². The third-order valence-electron chi connectivity index (χ3n) is 5.58. The van der Waals surface area contributed by atoms with Crippen LogP contribution < -0.4 is 5.32 Å². The summed E-state index contributed by atoms with van der Waals surface area (Å²) in [5.41, 5.74) is 4.61. The molecule has 1 saturated heterocycles. The highest BCUT2D eigenvalue weighted by Gasteiger charge is 2.31. The number of amides is 1. The summed E-state index contributed by atoms with van der Waals surface area (Å²) in [6.07, 6.45) is 0.0137. The van der Waals surface area contributed by atoms with E-state index in [9.17, 15) is 9.59 Å². The minimum Gasteiger partial charge on any atom is -0.481 e. The minimum absolute atomic E-state index is 0.00316. The van der Waals surface area contributed by atoms with E-state index in [1.54, 1.807) is 0 Å². The van der Waals surface area contributed by atoms with Gasteiger partial charge in [-0.25, -0.2) is 4.79 Å². The number of hydrogen-bond donors (Lipinski definition) is 2. The topological polar surface area (TPSA) is 84.9 Å². The summed E-state index contributed by atoms with van der Waals surface area (Å²) in [6.45, 7) is 1.26. The number of nitrogens with one attached hydrogen (secondary N) is 1. The highest BCUT2D eigenvalue weighted by molar-refractivity contribution is 5.79. The Morgan fingerprint density at radius 1 is 1.11 bits per heavy atom. The number of benzene rings is 2. The van der Waals surface area contributed by atoms with Crippen LogP contribution in [0.5, 0.6) is 0 Å². The molecule has 0 bridgehead atoms. The van der Waals surface area contributed by atoms with Crippen molar-refractivity contribution in [2.24, 2.45) is 5.92 Å². The summed E-state index contributed by atoms with van der Waals surface area (Å²) >= 11 is 0. The van der Waals surface area contributed by atoms with E-state index in [1.165, 1.54) is 11.1 Å². The molecule has 6 nitrogen and oxygen atoms in total. The van der Waals surface area contributed by atoms with E-state index < -0.39 is 18.1 Å². The first-order valence-corrected chi connectivity index (χ1v) is 9.54. The molecule has 1 heterocycles. The summed E-state index contributed by atoms with van der Waals surface area (Å²) in [5.74, 6) is -0.974. The predicted molar refractivity (Wildman–Crippen MR) is 103 cm³/mol. The largest absolute Gasteiger partial charge is 0.481 e. The molecule has 0 radical (unpaired) electrons. The Morgan fingerprint density at radius 2 is 1.75 bits per heavy atom. The number of hydrogen-bond acceptors (Lipinski definition) is 4. The summed E-state index contributed by atoms with van der Waals surface area (Å²) in [6, 6.07) is 15.8. The average Bonchev–Trinajstić information content (AvgIpc) is 3.32. The Bertz CT molecular complexity index is 829. The van der Waals surface area contributed by atoms with Gasteiger partial charge in [0.25, 0.3) is 0 Å². The maximum Gasteiger partial charge on any atom is 0.407 e. The van der Waals surface area contributed by atoms with Crippen LogP contribution in [0.4, 0.5) is 4.79 Å². The lowest BCUT2D eigenvalue weighted by Gasteiger charge is -2.22. The lowest BCUT2D eigenvalue weighted by Crippen LogP contribution is -2.42. The van der Waals surface area contributed by atoms with Crippen LogP contribution in [-0.2, 0) is 14.3 Å². The van der Waals surface area contributed by atoms with Crippen molar-refractivity contribution in [3.05, 3.63) is 59.7 Å². The van der Waals surface area contributed by atoms with Gasteiger partial charge in [0.2, 0.25) is 0 Å². The molecule has 6 heteroatoms. The fraction of sp³-hybridized carbons (Fsp3) is 0.364. The van der Waals surface area contributed by atoms with Crippen LogP contribution in [-0.4, -0.2) is 43.0 Å². The number of carboxylic acid groups (broad SMARTS) is 1. The monoisotopic (exact) mass is 381 g/mol. The van der Waals surface area contributed by atoms with Crippen LogP contribution in [0.1, 0.15) is 29.9 Å². The second-order valence-corrected chi connectivity index (χ2v) is 7.30. The van der Waals surface area contributed by atoms with Crippen LogP contribution in [0.3, 0.4) is 0 Å². The zero-order valence-electron chi connectivity index (χ0n) is 15.5. The van der Waals surface area contributed by atoms with Crippen molar-refractivity contribution >= 4 is 12.1 Å². The maximum atomic E-state index is 12.4. The van der Waals surface area contributed by atoms with E-state index in [-0.39, 0.29) is 24.9 Å². The summed E-state index contributed by atoms with van der Waals surface area (Å²) < 4.78 is 10.9. The fourth-order valence-corrected chi connectivity index (χ4v) is 4.19. The molecule has 2 aliphatic rings. The molecule has 1 aliphatic heterocycles. The molecule has 2 atom stereocenters. The van der Waals surface area contributed by atoms with E-state index in [0.717, 1.165) is 17.5 Å². The van der Waals surface area contributed by atoms with Gasteiger partial charge in [-0.05, 0) is 28.7 Å². The van der Waals surface area contributed by atoms with Crippen molar-refractivity contribution in [3.63, 3.8) is 0 Å². The molecule has 0 spiro atoms. The number of carbonyl (C=O) groups is 2. The third kappa shape index (κ3) is 3.73. The quantitative estimate of drug-likeness (QED) is 0.801. The van der Waals surface area contributed by atoms with Crippen molar-refractivity contribution in [2.45, 2.75) is 24.8 Å². The molecule has 2 aromatic carbocycles. The molecule has 146 valence electrons. The molecule has 1 aliphatic carbocycles. The Hall–Kier alpha value is -2.86. The van der Waals surface area contributed by atoms with Gasteiger partial charge in [0.05, 0.1) is 13.0 Å². The Morgan fingerprint density at radius 3 is 2.32 bits per heavy atom. The number of fused-ring (bicyclic) bond motifs is 3. The molecule has 1 fully saturated rings. The van der Waals surface area contributed by atoms with Crippen molar-refractivity contribution < 1.29 is 24.2 Å². The zero-order valence-corrected chi connectivity index (χ0v) is 15.5. The molecular formula is C22H23NO5. The Kier molecular flexibility index (Phi) is 5.30. The normalized spacial score (nSPS) is 18.9. The molecule has 4 rings (SSSR count). The maximum absolute atomic E-state index is 12.4. The van der Waals surface area contributed by atoms with Crippen LogP contribution in [0.15, 0.2) is 48.5 Å². The van der Waals surface area contributed by atoms with E-state index in [4.69, 9.17) is 14.6 Å². The number of carbonyl (C=O) groups excluding carboxylic acids is 1. The Balaban J connectivity index is 1.44. The van der Waals surface area contributed by atoms with Crippen molar-refractivity contribution in [1.29, 1.82) is 0 Å². The molecule has 0 saturated carbocycles. The molecule has 1 amide bonds. The summed E-state index contributed by atoms with van der Waals surface area (Å²) in [7, 11) is 0. The van der Waals surface area contributed by atoms with E-state index in [2.05, 4.69) is 29.6 Å². The molecule has 28 heavy (non-hydrogen) atoms. The summed E-state index contributed by atoms with van der Waals surface area (Å²) in [4.78, 5) is 23.6. The van der Waals surface area contributed by atoms with Crippen molar-refractivity contribution in [2.75, 3.05) is 19.8 Å². The fourth-order valence-electron chi connectivity index (χ4n) is 4.19. The van der Waals surface area contributed by atoms with Gasteiger partial charge < -0.3 is 19.9 Å². The van der Waals surface area contributed by atoms with Gasteiger partial charge in [-0.2, -0.15) is 0 Å². The number of alkyl carbamates (subject to hydrolysis) is 1. The smallest absolute Gasteiger partial charge is 0.407 e. The van der Waals surface area contributed by atoms with Gasteiger partial charge in [0.15, 0.2) is 0 Å². The number of carboxylic acids is 1. The first-order chi connectivity index (χ1) is 13.6. The second kappa shape index (κ2) is 8.02. The minimum atomic E-state index is -0.948. The first kappa shape index (κ1) is 18.5. The van der Waals surface area contributed by atoms with Gasteiger partial charge in [0, 0.05) is 24.5 Å². The lowest BCUT2D eigenvalue weighted by atomic mass is 9.96. The van der Waals surface area contributed by atoms with Gasteiger partial charge in [-0.3, -0.25) is 4.79 Å². The molecule has 2 N–H and O–H groups in total. The average molecular weight is 381 g/mol. The van der Waals surface area contributed by atoms with Crippen LogP contribution in [0.2, 0.25) is 0 Å². The molecular weight excluding hydrogens is 358 g/mol. The van der Waals surface area contributed by atoms with Crippen molar-refractivity contribution in [1.82, 2.24) is 5.32 Å². The van der Waals surface area contributed by atoms with E-state index >= 15 is 0 Å². The van der Waals surface area contributed by atoms with Gasteiger partial charge in [-0.15, -0.1) is 0 Å². The standard InChI is InChI=1S/C22H23NO5/c24-21(25)11-20(14-9-10-27-12-14)23-22(26)28-13-19-17-7-3-1-5-15(17)16-6-2-4-8-18(16)19/h1-8,14,19-20H,9-13H2,(H,23,26)(H,24,25)/t14-,20-/m0/s1. The first-order valence-electron chi connectivity index (χ1n) is 9.54. The number of aliphatic carboxylic acids is 1. The van der Waals surface area contributed by atoms with Crippen LogP contribution in [0, 0.1) is 5.92 Å². The van der Waals surface area contributed by atoms with E-state index in [0.29, 0.717) is 13.2 Å². The number of rotatable bonds is 6. The highest BCUT2D eigenvalue weighted by Crippen LogP contribution is 2.44. The van der Waals surface area contributed by atoms with E-state index in [1.807, 2.05) is 24.3 Å². The number of ether oxygens (including phenoxy) is 2. The highest BCUT2D eigenvalue weighted by atomic mass is 16.5. The molecule has 2 aromatic rings. The predicted octanol–water partition coefficient (Wildman–Crippen LogP) is 3.40. The Labute approximate surface area is 163 Å². The zero-order chi connectivity index (χ0) is 19.5. The van der Waals surface area contributed by atoms with Crippen molar-refractivity contribution in [3.8, 4) is 11.1 Å². The third-order valence-corrected chi connectivity index (χ3v) is 5.58. The summed E-state index contributed by atoms with van der Waals surface area (Å²) in [5, 5.41) is 11.9. The van der Waals surface area contributed by atoms with Gasteiger partial charge in [-0.1, -0.05) is 48.5 Å². The second-order valence-electron chi connectivity index (χ2n) is 7.30. The SMILES string of the molecule is O=C(O)C[C@H](NC(=O)OCC1c2ccccc2-c2ccccc21)[C@H]1CCOC1.